The Morgan fingerprint density at radius 2 is 2.00 bits per heavy atom. The maximum Gasteiger partial charge on any atom is 0.257 e. The summed E-state index contributed by atoms with van der Waals surface area (Å²) in [6.45, 7) is 0. The van der Waals surface area contributed by atoms with Gasteiger partial charge in [0.05, 0.1) is 28.7 Å². The van der Waals surface area contributed by atoms with E-state index in [1.54, 1.807) is 18.3 Å². The van der Waals surface area contributed by atoms with E-state index in [9.17, 15) is 13.2 Å². The monoisotopic (exact) mass is 325 g/mol. The molecule has 2 N–H and O–H groups in total. The standard InChI is InChI=1S/C13H12ClN3O3S/c1-21(19,20)17-9-4-5-12(14)11(7-9)13(18)16-10-3-2-6-15-8-10/h2-8,17H,1H3,(H,16,18). The molecule has 6 nitrogen and oxygen atoms in total. The number of benzene rings is 1. The van der Waals surface area contributed by atoms with Gasteiger partial charge in [-0.15, -0.1) is 0 Å². The first-order chi connectivity index (χ1) is 9.85. The van der Waals surface area contributed by atoms with Crippen LogP contribution in [0.25, 0.3) is 0 Å². The Labute approximate surface area is 127 Å². The van der Waals surface area contributed by atoms with Gasteiger partial charge in [0.1, 0.15) is 0 Å². The lowest BCUT2D eigenvalue weighted by Crippen LogP contribution is -2.14. The first-order valence-corrected chi connectivity index (χ1v) is 8.11. The van der Waals surface area contributed by atoms with Crippen molar-refractivity contribution in [1.29, 1.82) is 0 Å². The minimum Gasteiger partial charge on any atom is -0.321 e. The quantitative estimate of drug-likeness (QED) is 0.903. The summed E-state index contributed by atoms with van der Waals surface area (Å²) in [6, 6.07) is 7.66. The largest absolute Gasteiger partial charge is 0.321 e. The smallest absolute Gasteiger partial charge is 0.257 e. The molecule has 0 atom stereocenters. The number of amides is 1. The number of hydrogen-bond donors (Lipinski definition) is 2. The molecule has 1 aromatic carbocycles. The van der Waals surface area contributed by atoms with Crippen molar-refractivity contribution in [2.75, 3.05) is 16.3 Å². The predicted molar refractivity (Wildman–Crippen MR) is 82.1 cm³/mol. The van der Waals surface area contributed by atoms with Gasteiger partial charge in [-0.25, -0.2) is 8.42 Å². The molecule has 2 aromatic rings. The fraction of sp³-hybridized carbons (Fsp3) is 0.0769. The summed E-state index contributed by atoms with van der Waals surface area (Å²) in [5, 5.41) is 2.84. The summed E-state index contributed by atoms with van der Waals surface area (Å²) >= 11 is 5.97. The molecule has 8 heteroatoms. The van der Waals surface area contributed by atoms with Crippen molar-refractivity contribution >= 4 is 38.9 Å². The molecule has 0 aliphatic rings. The lowest BCUT2D eigenvalue weighted by atomic mass is 10.2. The van der Waals surface area contributed by atoms with Gasteiger partial charge in [0.15, 0.2) is 0 Å². The highest BCUT2D eigenvalue weighted by Gasteiger charge is 2.13. The average molecular weight is 326 g/mol. The van der Waals surface area contributed by atoms with Crippen molar-refractivity contribution < 1.29 is 13.2 Å². The Morgan fingerprint density at radius 3 is 2.62 bits per heavy atom. The van der Waals surface area contributed by atoms with E-state index in [1.807, 2.05) is 0 Å². The maximum atomic E-state index is 12.2. The molecule has 0 spiro atoms. The van der Waals surface area contributed by atoms with Crippen LogP contribution in [0.1, 0.15) is 10.4 Å². The van der Waals surface area contributed by atoms with Crippen LogP contribution >= 0.6 is 11.6 Å². The minimum atomic E-state index is -3.43. The zero-order chi connectivity index (χ0) is 15.5. The van der Waals surface area contributed by atoms with E-state index >= 15 is 0 Å². The Kier molecular flexibility index (Phi) is 4.44. The van der Waals surface area contributed by atoms with E-state index < -0.39 is 15.9 Å². The third-order valence-electron chi connectivity index (χ3n) is 2.43. The van der Waals surface area contributed by atoms with Gasteiger partial charge in [-0.05, 0) is 30.3 Å². The molecule has 0 saturated heterocycles. The highest BCUT2D eigenvalue weighted by atomic mass is 35.5. The molecule has 0 fully saturated rings. The number of rotatable bonds is 4. The molecular weight excluding hydrogens is 314 g/mol. The number of aromatic nitrogens is 1. The molecule has 0 saturated carbocycles. The van der Waals surface area contributed by atoms with Crippen LogP contribution in [0.3, 0.4) is 0 Å². The van der Waals surface area contributed by atoms with Gasteiger partial charge in [-0.2, -0.15) is 0 Å². The average Bonchev–Trinajstić information content (AvgIpc) is 2.40. The highest BCUT2D eigenvalue weighted by molar-refractivity contribution is 7.92. The molecule has 0 aliphatic heterocycles. The summed E-state index contributed by atoms with van der Waals surface area (Å²) in [5.74, 6) is -0.454. The number of halogens is 1. The summed E-state index contributed by atoms with van der Waals surface area (Å²) in [5.41, 5.74) is 0.937. The van der Waals surface area contributed by atoms with Crippen molar-refractivity contribution in [3.63, 3.8) is 0 Å². The summed E-state index contributed by atoms with van der Waals surface area (Å²) in [7, 11) is -3.43. The zero-order valence-electron chi connectivity index (χ0n) is 11.0. The van der Waals surface area contributed by atoms with Crippen LogP contribution in [0.4, 0.5) is 11.4 Å². The molecule has 0 unspecified atom stereocenters. The lowest BCUT2D eigenvalue weighted by Gasteiger charge is -2.09. The molecule has 0 aliphatic carbocycles. The van der Waals surface area contributed by atoms with Crippen LogP contribution in [0.15, 0.2) is 42.7 Å². The topological polar surface area (TPSA) is 88.2 Å². The van der Waals surface area contributed by atoms with E-state index in [1.165, 1.54) is 24.4 Å². The maximum absolute atomic E-state index is 12.2. The van der Waals surface area contributed by atoms with Crippen molar-refractivity contribution in [2.24, 2.45) is 0 Å². The lowest BCUT2D eigenvalue weighted by molar-refractivity contribution is 0.102. The van der Waals surface area contributed by atoms with Crippen LogP contribution in [0.2, 0.25) is 5.02 Å². The van der Waals surface area contributed by atoms with E-state index in [2.05, 4.69) is 15.0 Å². The second-order valence-electron chi connectivity index (χ2n) is 4.26. The van der Waals surface area contributed by atoms with E-state index in [0.717, 1.165) is 6.26 Å². The van der Waals surface area contributed by atoms with Crippen LogP contribution in [0, 0.1) is 0 Å². The van der Waals surface area contributed by atoms with E-state index in [-0.39, 0.29) is 16.3 Å². The highest BCUT2D eigenvalue weighted by Crippen LogP contribution is 2.22. The first kappa shape index (κ1) is 15.3. The number of pyridine rings is 1. The molecule has 2 rings (SSSR count). The fourth-order valence-electron chi connectivity index (χ4n) is 1.61. The van der Waals surface area contributed by atoms with Crippen LogP contribution in [-0.4, -0.2) is 25.6 Å². The van der Waals surface area contributed by atoms with Crippen molar-refractivity contribution in [1.82, 2.24) is 4.98 Å². The SMILES string of the molecule is CS(=O)(=O)Nc1ccc(Cl)c(C(=O)Nc2cccnc2)c1. The molecule has 1 heterocycles. The third kappa shape index (κ3) is 4.44. The van der Waals surface area contributed by atoms with E-state index in [4.69, 9.17) is 11.6 Å². The van der Waals surface area contributed by atoms with Gasteiger partial charge in [-0.3, -0.25) is 14.5 Å². The Bertz CT molecular complexity index is 763. The van der Waals surface area contributed by atoms with Crippen LogP contribution in [0.5, 0.6) is 0 Å². The zero-order valence-corrected chi connectivity index (χ0v) is 12.6. The van der Waals surface area contributed by atoms with Crippen LogP contribution < -0.4 is 10.0 Å². The second kappa shape index (κ2) is 6.11. The van der Waals surface area contributed by atoms with E-state index in [0.29, 0.717) is 5.69 Å². The third-order valence-corrected chi connectivity index (χ3v) is 3.37. The molecule has 0 bridgehead atoms. The molecule has 110 valence electrons. The number of hydrogen-bond acceptors (Lipinski definition) is 4. The summed E-state index contributed by atoms with van der Waals surface area (Å²) in [4.78, 5) is 16.0. The number of carbonyl (C=O) groups is 1. The number of carbonyl (C=O) groups excluding carboxylic acids is 1. The van der Waals surface area contributed by atoms with Crippen LogP contribution in [-0.2, 0) is 10.0 Å². The Hall–Kier alpha value is -2.12. The van der Waals surface area contributed by atoms with Gasteiger partial charge in [0.25, 0.3) is 5.91 Å². The van der Waals surface area contributed by atoms with Gasteiger partial charge in [0.2, 0.25) is 10.0 Å². The molecule has 1 amide bonds. The number of anilines is 2. The predicted octanol–water partition coefficient (Wildman–Crippen LogP) is 2.36. The van der Waals surface area contributed by atoms with Gasteiger partial charge in [-0.1, -0.05) is 11.6 Å². The molecule has 1 aromatic heterocycles. The number of nitrogens with one attached hydrogen (secondary N) is 2. The first-order valence-electron chi connectivity index (χ1n) is 5.84. The van der Waals surface area contributed by atoms with Crippen molar-refractivity contribution in [3.8, 4) is 0 Å². The fourth-order valence-corrected chi connectivity index (χ4v) is 2.37. The molecular formula is C13H12ClN3O3S. The number of nitrogens with zero attached hydrogens (tertiary/aromatic N) is 1. The Balaban J connectivity index is 2.26. The van der Waals surface area contributed by atoms with Gasteiger partial charge < -0.3 is 5.32 Å². The molecule has 0 radical (unpaired) electrons. The second-order valence-corrected chi connectivity index (χ2v) is 6.42. The van der Waals surface area contributed by atoms with Crippen molar-refractivity contribution in [3.05, 3.63) is 53.3 Å². The minimum absolute atomic E-state index is 0.161. The summed E-state index contributed by atoms with van der Waals surface area (Å²) < 4.78 is 24.7. The molecule has 21 heavy (non-hydrogen) atoms. The summed E-state index contributed by atoms with van der Waals surface area (Å²) in [6.07, 6.45) is 4.10. The Morgan fingerprint density at radius 1 is 1.24 bits per heavy atom. The van der Waals surface area contributed by atoms with Crippen molar-refractivity contribution in [2.45, 2.75) is 0 Å². The number of sulfonamides is 1. The van der Waals surface area contributed by atoms with Gasteiger partial charge in [0, 0.05) is 11.9 Å². The van der Waals surface area contributed by atoms with Gasteiger partial charge >= 0.3 is 0 Å². The normalized spacial score (nSPS) is 11.0.